The summed E-state index contributed by atoms with van der Waals surface area (Å²) in [4.78, 5) is 47.7. The lowest BCUT2D eigenvalue weighted by atomic mass is 10.0. The van der Waals surface area contributed by atoms with Crippen LogP contribution < -0.4 is 10.6 Å². The molecule has 0 fully saturated rings. The average Bonchev–Trinajstić information content (AvgIpc) is 3.20. The first kappa shape index (κ1) is 22.0. The van der Waals surface area contributed by atoms with Crippen LogP contribution >= 0.6 is 11.3 Å². The number of hydrogen-bond donors (Lipinski definition) is 2. The zero-order valence-corrected chi connectivity index (χ0v) is 16.9. The molecule has 154 valence electrons. The Hall–Kier alpha value is -3.27. The first-order chi connectivity index (χ1) is 13.7. The SMILES string of the molecule is Cc1cccc([N+](=O)[O-])c1NC(=O)COC(=O)[C@@H](NC(=O)c1cccs1)C(C)C. The molecule has 2 aromatic rings. The number of aryl methyl sites for hydroxylation is 1. The zero-order valence-electron chi connectivity index (χ0n) is 16.1. The van der Waals surface area contributed by atoms with Crippen LogP contribution in [-0.4, -0.2) is 35.4 Å². The Morgan fingerprint density at radius 3 is 2.52 bits per heavy atom. The summed E-state index contributed by atoms with van der Waals surface area (Å²) in [5.41, 5.74) is 0.292. The van der Waals surface area contributed by atoms with Crippen LogP contribution in [0.25, 0.3) is 0 Å². The number of amides is 2. The molecule has 10 heteroatoms. The fourth-order valence-corrected chi connectivity index (χ4v) is 3.11. The number of carbonyl (C=O) groups is 3. The summed E-state index contributed by atoms with van der Waals surface area (Å²) in [5, 5.41) is 17.9. The first-order valence-electron chi connectivity index (χ1n) is 8.75. The average molecular weight is 419 g/mol. The second-order valence-electron chi connectivity index (χ2n) is 6.55. The van der Waals surface area contributed by atoms with E-state index in [9.17, 15) is 24.5 Å². The molecule has 0 bridgehead atoms. The fraction of sp³-hybridized carbons (Fsp3) is 0.316. The van der Waals surface area contributed by atoms with Crippen LogP contribution in [0.1, 0.15) is 29.1 Å². The van der Waals surface area contributed by atoms with E-state index in [2.05, 4.69) is 10.6 Å². The van der Waals surface area contributed by atoms with Crippen LogP contribution in [0.4, 0.5) is 11.4 Å². The summed E-state index contributed by atoms with van der Waals surface area (Å²) in [5.74, 6) is -2.16. The highest BCUT2D eigenvalue weighted by Gasteiger charge is 2.27. The highest BCUT2D eigenvalue weighted by Crippen LogP contribution is 2.27. The van der Waals surface area contributed by atoms with Crippen molar-refractivity contribution in [1.29, 1.82) is 0 Å². The minimum Gasteiger partial charge on any atom is -0.454 e. The third-order valence-corrected chi connectivity index (χ3v) is 4.88. The second-order valence-corrected chi connectivity index (χ2v) is 7.50. The lowest BCUT2D eigenvalue weighted by molar-refractivity contribution is -0.384. The van der Waals surface area contributed by atoms with Gasteiger partial charge in [0, 0.05) is 6.07 Å². The van der Waals surface area contributed by atoms with Gasteiger partial charge in [-0.05, 0) is 29.9 Å². The van der Waals surface area contributed by atoms with E-state index in [-0.39, 0.29) is 17.3 Å². The Bertz CT molecular complexity index is 911. The third-order valence-electron chi connectivity index (χ3n) is 4.01. The molecule has 0 aliphatic rings. The van der Waals surface area contributed by atoms with E-state index < -0.39 is 35.4 Å². The van der Waals surface area contributed by atoms with Gasteiger partial charge < -0.3 is 15.4 Å². The lowest BCUT2D eigenvalue weighted by Crippen LogP contribution is -2.45. The number of anilines is 1. The monoisotopic (exact) mass is 419 g/mol. The minimum atomic E-state index is -0.940. The molecule has 0 saturated heterocycles. The molecule has 0 radical (unpaired) electrons. The number of benzene rings is 1. The maximum atomic E-state index is 12.4. The van der Waals surface area contributed by atoms with Crippen molar-refractivity contribution in [3.05, 3.63) is 56.3 Å². The molecule has 0 unspecified atom stereocenters. The first-order valence-corrected chi connectivity index (χ1v) is 9.63. The predicted molar refractivity (Wildman–Crippen MR) is 108 cm³/mol. The maximum Gasteiger partial charge on any atom is 0.329 e. The van der Waals surface area contributed by atoms with Gasteiger partial charge in [-0.2, -0.15) is 0 Å². The molecular weight excluding hydrogens is 398 g/mol. The number of thiophene rings is 1. The zero-order chi connectivity index (χ0) is 21.6. The van der Waals surface area contributed by atoms with Crippen LogP contribution in [0.5, 0.6) is 0 Å². The smallest absolute Gasteiger partial charge is 0.329 e. The van der Waals surface area contributed by atoms with E-state index in [0.29, 0.717) is 10.4 Å². The van der Waals surface area contributed by atoms with Gasteiger partial charge in [-0.1, -0.05) is 32.0 Å². The quantitative estimate of drug-likeness (QED) is 0.385. The fourth-order valence-electron chi connectivity index (χ4n) is 2.49. The Morgan fingerprint density at radius 2 is 1.93 bits per heavy atom. The minimum absolute atomic E-state index is 0.0463. The molecule has 1 aromatic heterocycles. The highest BCUT2D eigenvalue weighted by molar-refractivity contribution is 7.12. The topological polar surface area (TPSA) is 128 Å². The molecule has 1 heterocycles. The third kappa shape index (κ3) is 5.85. The Kier molecular flexibility index (Phi) is 7.43. The van der Waals surface area contributed by atoms with Crippen molar-refractivity contribution < 1.29 is 24.0 Å². The number of carbonyl (C=O) groups excluding carboxylic acids is 3. The molecule has 9 nitrogen and oxygen atoms in total. The van der Waals surface area contributed by atoms with Crippen molar-refractivity contribution in [2.24, 2.45) is 5.92 Å². The number of rotatable bonds is 8. The number of nitro groups is 1. The summed E-state index contributed by atoms with van der Waals surface area (Å²) >= 11 is 1.24. The largest absolute Gasteiger partial charge is 0.454 e. The van der Waals surface area contributed by atoms with E-state index in [1.54, 1.807) is 44.4 Å². The van der Waals surface area contributed by atoms with Gasteiger partial charge in [0.15, 0.2) is 6.61 Å². The molecule has 2 N–H and O–H groups in total. The van der Waals surface area contributed by atoms with E-state index in [1.165, 1.54) is 23.5 Å². The second kappa shape index (κ2) is 9.78. The molecule has 0 saturated carbocycles. The number of para-hydroxylation sites is 1. The van der Waals surface area contributed by atoms with Crippen LogP contribution in [0, 0.1) is 23.0 Å². The van der Waals surface area contributed by atoms with Crippen LogP contribution in [0.15, 0.2) is 35.7 Å². The molecular formula is C19H21N3O6S. The van der Waals surface area contributed by atoms with E-state index in [4.69, 9.17) is 4.74 Å². The number of ether oxygens (including phenoxy) is 1. The molecule has 0 spiro atoms. The van der Waals surface area contributed by atoms with Crippen molar-refractivity contribution in [3.63, 3.8) is 0 Å². The van der Waals surface area contributed by atoms with Crippen molar-refractivity contribution >= 4 is 40.5 Å². The molecule has 29 heavy (non-hydrogen) atoms. The molecule has 0 aliphatic carbocycles. The summed E-state index contributed by atoms with van der Waals surface area (Å²) in [7, 11) is 0. The number of hydrogen-bond acceptors (Lipinski definition) is 7. The van der Waals surface area contributed by atoms with Crippen LogP contribution in [0.2, 0.25) is 0 Å². The van der Waals surface area contributed by atoms with Gasteiger partial charge in [-0.3, -0.25) is 19.7 Å². The summed E-state index contributed by atoms with van der Waals surface area (Å²) in [6.45, 7) is 4.45. The van der Waals surface area contributed by atoms with E-state index in [1.807, 2.05) is 0 Å². The van der Waals surface area contributed by atoms with Crippen molar-refractivity contribution in [2.75, 3.05) is 11.9 Å². The van der Waals surface area contributed by atoms with Gasteiger partial charge in [-0.25, -0.2) is 4.79 Å². The number of nitrogens with zero attached hydrogens (tertiary/aromatic N) is 1. The van der Waals surface area contributed by atoms with Gasteiger partial charge in [0.1, 0.15) is 11.7 Å². The highest BCUT2D eigenvalue weighted by atomic mass is 32.1. The van der Waals surface area contributed by atoms with Gasteiger partial charge in [0.25, 0.3) is 17.5 Å². The van der Waals surface area contributed by atoms with Crippen LogP contribution in [-0.2, 0) is 14.3 Å². The van der Waals surface area contributed by atoms with Crippen molar-refractivity contribution in [1.82, 2.24) is 5.32 Å². The van der Waals surface area contributed by atoms with Crippen LogP contribution in [0.3, 0.4) is 0 Å². The Balaban J connectivity index is 1.99. The molecule has 1 aromatic carbocycles. The van der Waals surface area contributed by atoms with Gasteiger partial charge >= 0.3 is 5.97 Å². The van der Waals surface area contributed by atoms with Crippen molar-refractivity contribution in [3.8, 4) is 0 Å². The Labute approximate surface area is 171 Å². The molecule has 1 atom stereocenters. The maximum absolute atomic E-state index is 12.4. The normalized spacial score (nSPS) is 11.6. The van der Waals surface area contributed by atoms with Gasteiger partial charge in [0.2, 0.25) is 0 Å². The van der Waals surface area contributed by atoms with Gasteiger partial charge in [-0.15, -0.1) is 11.3 Å². The van der Waals surface area contributed by atoms with E-state index >= 15 is 0 Å². The standard InChI is InChI=1S/C19H21N3O6S/c1-11(2)16(21-18(24)14-8-5-9-29-14)19(25)28-10-15(23)20-17-12(3)6-4-7-13(17)22(26)27/h4-9,11,16H,10H2,1-3H3,(H,20,23)(H,21,24)/t16-/m0/s1. The number of nitro benzene ring substituents is 1. The number of esters is 1. The van der Waals surface area contributed by atoms with Gasteiger partial charge in [0.05, 0.1) is 9.80 Å². The predicted octanol–water partition coefficient (Wildman–Crippen LogP) is 2.90. The molecule has 2 rings (SSSR count). The van der Waals surface area contributed by atoms with Crippen molar-refractivity contribution in [2.45, 2.75) is 26.8 Å². The Morgan fingerprint density at radius 1 is 1.21 bits per heavy atom. The molecule has 2 amide bonds. The summed E-state index contributed by atoms with van der Waals surface area (Å²) < 4.78 is 5.03. The molecule has 0 aliphatic heterocycles. The summed E-state index contributed by atoms with van der Waals surface area (Å²) in [6, 6.07) is 6.80. The summed E-state index contributed by atoms with van der Waals surface area (Å²) in [6.07, 6.45) is 0. The van der Waals surface area contributed by atoms with E-state index in [0.717, 1.165) is 0 Å². The number of nitrogens with one attached hydrogen (secondary N) is 2. The lowest BCUT2D eigenvalue weighted by Gasteiger charge is -2.20.